The lowest BCUT2D eigenvalue weighted by atomic mass is 9.99. The van der Waals surface area contributed by atoms with Gasteiger partial charge in [-0.25, -0.2) is 97.8 Å². The van der Waals surface area contributed by atoms with E-state index in [9.17, 15) is 153 Å². The standard InChI is InChI=1S/C60H100O60/c61-1-11-41-21(71)31(81)51(91-11)111-102-42-12(2-62)93-53(33(83)23(42)73)113-104-44-14(4-64)95-55(35(85)25(44)75)115-106-46-16(6-66)97-57(37(87)27(46)77)117-108-48-18(8-68)99-59(39(89)29(48)79)119-110-50-20(10-70)100-60(40(90)30(50)80)120-109-49-19(9-69)98-58(38(88)28(49)78)118-107-47-17(7-67)96-56(36(86)26(47)76)116-105-45-15(5-65)94-54(34(84)24(45)74)114-103-43-13(3-63)92-52(112-101-41)32(82)22(43)72/h11-90H,1-10H2/t11?,12?,13?,14?,15?,16?,17?,18?,19?,20?,21-,22-,23-,24-,25-,26?,27?,28?,29?,30?,31?,32?,33?,34?,35?,36+,37+,38+,39+,40+,41-,42-,43-,44-,45-,46-,47-,48-,49-,50-,51-,52-,53-,54-,55-,56-,57-,58-,59-,60-/m1/s1. The highest BCUT2D eigenvalue weighted by molar-refractivity contribution is 4.99. The fourth-order valence-electron chi connectivity index (χ4n) is 13.7. The predicted molar refractivity (Wildman–Crippen MR) is 337 cm³/mol. The normalized spacial score (nSPS) is 52.8. The molecule has 38 saturated heterocycles. The van der Waals surface area contributed by atoms with Crippen LogP contribution in [0.1, 0.15) is 0 Å². The van der Waals surface area contributed by atoms with Crippen molar-refractivity contribution in [1.82, 2.24) is 0 Å². The lowest BCUT2D eigenvalue weighted by Gasteiger charge is -2.45. The van der Waals surface area contributed by atoms with Crippen LogP contribution in [0.2, 0.25) is 0 Å². The number of ether oxygens (including phenoxy) is 10. The zero-order valence-corrected chi connectivity index (χ0v) is 61.6. The van der Waals surface area contributed by atoms with Gasteiger partial charge in [-0.1, -0.05) is 0 Å². The van der Waals surface area contributed by atoms with E-state index in [1.807, 2.05) is 0 Å². The molecule has 38 aliphatic heterocycles. The van der Waals surface area contributed by atoms with E-state index >= 15 is 0 Å². The summed E-state index contributed by atoms with van der Waals surface area (Å²) in [6.07, 6.45) is -106. The lowest BCUT2D eigenvalue weighted by Crippen LogP contribution is -2.64. The molecule has 60 nitrogen and oxygen atoms in total. The van der Waals surface area contributed by atoms with Crippen molar-refractivity contribution in [2.24, 2.45) is 0 Å². The minimum absolute atomic E-state index is 1.13. The smallest absolute Gasteiger partial charge is 0.220 e. The van der Waals surface area contributed by atoms with Gasteiger partial charge in [0.2, 0.25) is 62.9 Å². The maximum atomic E-state index is 11.2. The van der Waals surface area contributed by atoms with Gasteiger partial charge in [-0.05, 0) is 0 Å². The van der Waals surface area contributed by atoms with Gasteiger partial charge in [-0.3, -0.25) is 0 Å². The highest BCUT2D eigenvalue weighted by Gasteiger charge is 2.60. The highest BCUT2D eigenvalue weighted by atomic mass is 17.3. The average Bonchev–Trinajstić information content (AvgIpc) is 0.794. The van der Waals surface area contributed by atoms with E-state index in [0.29, 0.717) is 0 Å². The quantitative estimate of drug-likeness (QED) is 0.0903. The fourth-order valence-corrected chi connectivity index (χ4v) is 13.7. The van der Waals surface area contributed by atoms with Crippen LogP contribution in [0.15, 0.2) is 0 Å². The van der Waals surface area contributed by atoms with Gasteiger partial charge in [-0.2, -0.15) is 0 Å². The third-order valence-electron chi connectivity index (χ3n) is 20.8. The van der Waals surface area contributed by atoms with Crippen molar-refractivity contribution in [3.05, 3.63) is 0 Å². The molecule has 30 N–H and O–H groups in total. The van der Waals surface area contributed by atoms with Crippen LogP contribution in [0, 0.1) is 0 Å². The van der Waals surface area contributed by atoms with Crippen molar-refractivity contribution in [3.8, 4) is 0 Å². The van der Waals surface area contributed by atoms with Crippen LogP contribution in [0.3, 0.4) is 0 Å². The Balaban J connectivity index is 0.749. The number of hydrogen-bond acceptors (Lipinski definition) is 60. The molecular weight excluding hydrogens is 1680 g/mol. The molecule has 0 radical (unpaired) electrons. The Morgan fingerprint density at radius 3 is 0.250 bits per heavy atom. The Morgan fingerprint density at radius 2 is 0.183 bits per heavy atom. The molecule has 700 valence electrons. The number of hydrogen-bond donors (Lipinski definition) is 30. The first kappa shape index (κ1) is 98.2. The summed E-state index contributed by atoms with van der Waals surface area (Å²) in [5, 5.41) is 326. The van der Waals surface area contributed by atoms with E-state index in [4.69, 9.17) is 145 Å². The zero-order valence-electron chi connectivity index (χ0n) is 61.6. The molecule has 0 aliphatic carbocycles. The van der Waals surface area contributed by atoms with Gasteiger partial charge >= 0.3 is 0 Å². The Labute approximate surface area is 670 Å². The summed E-state index contributed by atoms with van der Waals surface area (Å²) in [6, 6.07) is 0. The van der Waals surface area contributed by atoms with Crippen LogP contribution < -0.4 is 0 Å². The summed E-state index contributed by atoms with van der Waals surface area (Å²) in [5.74, 6) is 0. The van der Waals surface area contributed by atoms with Crippen molar-refractivity contribution >= 4 is 0 Å². The van der Waals surface area contributed by atoms with Crippen LogP contribution in [0.4, 0.5) is 0 Å². The van der Waals surface area contributed by atoms with Crippen LogP contribution in [0.5, 0.6) is 0 Å². The highest BCUT2D eigenvalue weighted by Crippen LogP contribution is 2.39. The second-order valence-electron chi connectivity index (χ2n) is 28.6. The van der Waals surface area contributed by atoms with Gasteiger partial charge in [0.15, 0.2) is 0 Å². The summed E-state index contributed by atoms with van der Waals surface area (Å²) in [4.78, 5) is 103. The molecule has 0 aromatic rings. The van der Waals surface area contributed by atoms with Gasteiger partial charge in [0.1, 0.15) is 244 Å². The average molecular weight is 1780 g/mol. The minimum atomic E-state index is -2.30. The van der Waals surface area contributed by atoms with Crippen LogP contribution in [-0.2, 0) is 145 Å². The third kappa shape index (κ3) is 21.2. The summed E-state index contributed by atoms with van der Waals surface area (Å²) in [6.45, 7) is -11.3. The first-order valence-electron chi connectivity index (χ1n) is 36.8. The number of rotatable bonds is 10. The summed E-state index contributed by atoms with van der Waals surface area (Å²) in [7, 11) is 0. The van der Waals surface area contributed by atoms with Gasteiger partial charge in [-0.15, -0.1) is 0 Å². The molecule has 20 unspecified atom stereocenters. The van der Waals surface area contributed by atoms with Crippen molar-refractivity contribution < 1.29 is 298 Å². The fraction of sp³-hybridized carbons (Fsp3) is 1.00. The maximum Gasteiger partial charge on any atom is 0.220 e. The molecule has 0 spiro atoms. The van der Waals surface area contributed by atoms with E-state index in [2.05, 4.69) is 0 Å². The van der Waals surface area contributed by atoms with Crippen LogP contribution >= 0.6 is 0 Å². The second kappa shape index (κ2) is 44.3. The summed E-state index contributed by atoms with van der Waals surface area (Å²) < 4.78 is 54.7. The van der Waals surface area contributed by atoms with E-state index in [1.165, 1.54) is 0 Å². The molecule has 0 aromatic carbocycles. The van der Waals surface area contributed by atoms with Crippen molar-refractivity contribution in [3.63, 3.8) is 0 Å². The molecule has 50 atom stereocenters. The van der Waals surface area contributed by atoms with Gasteiger partial charge in [0.05, 0.1) is 66.1 Å². The molecule has 60 heteroatoms. The second-order valence-corrected chi connectivity index (χ2v) is 28.6. The molecule has 38 rings (SSSR count). The van der Waals surface area contributed by atoms with E-state index in [1.54, 1.807) is 0 Å². The minimum Gasteiger partial charge on any atom is -0.394 e. The Kier molecular flexibility index (Phi) is 36.2. The molecule has 20 bridgehead atoms. The molecule has 0 amide bonds. The summed E-state index contributed by atoms with van der Waals surface area (Å²) in [5.41, 5.74) is 0. The van der Waals surface area contributed by atoms with Gasteiger partial charge < -0.3 is 201 Å². The Morgan fingerprint density at radius 1 is 0.108 bits per heavy atom. The van der Waals surface area contributed by atoms with Crippen molar-refractivity contribution in [2.45, 2.75) is 307 Å². The third-order valence-corrected chi connectivity index (χ3v) is 20.8. The molecular formula is C60H100O60. The van der Waals surface area contributed by atoms with Crippen LogP contribution in [0.25, 0.3) is 0 Å². The van der Waals surface area contributed by atoms with Gasteiger partial charge in [0, 0.05) is 0 Å². The first-order chi connectivity index (χ1) is 57.4. The van der Waals surface area contributed by atoms with Crippen molar-refractivity contribution in [2.75, 3.05) is 66.1 Å². The molecule has 38 fully saturated rings. The molecule has 38 heterocycles. The Hall–Kier alpha value is -2.40. The number of aliphatic hydroxyl groups excluding tert-OH is 30. The molecule has 120 heavy (non-hydrogen) atoms. The monoisotopic (exact) mass is 1780 g/mol. The molecule has 0 aromatic heterocycles. The molecule has 38 aliphatic rings. The van der Waals surface area contributed by atoms with Crippen molar-refractivity contribution in [1.29, 1.82) is 0 Å². The zero-order chi connectivity index (χ0) is 87.2. The molecule has 0 saturated carbocycles. The van der Waals surface area contributed by atoms with Crippen LogP contribution in [-0.4, -0.2) is 526 Å². The van der Waals surface area contributed by atoms with Gasteiger partial charge in [0.25, 0.3) is 0 Å². The van der Waals surface area contributed by atoms with E-state index in [-0.39, 0.29) is 0 Å². The summed E-state index contributed by atoms with van der Waals surface area (Å²) >= 11 is 0. The van der Waals surface area contributed by atoms with E-state index < -0.39 is 373 Å². The first-order valence-corrected chi connectivity index (χ1v) is 36.8. The Bertz CT molecular complexity index is 2350. The number of aliphatic hydroxyl groups is 30. The topological polar surface area (TPSA) is 884 Å². The lowest BCUT2D eigenvalue weighted by molar-refractivity contribution is -0.515. The predicted octanol–water partition coefficient (Wildman–Crippen LogP) is -22.4. The SMILES string of the molecule is OCC1O[C@@H]2OO[C@@H]3C(CO)O[C@H](OO[C@@H]4C(CO)O[C@H](OO[C@@H]5C(CO)O[C@H](OO[C@@H]6C(CO)O[C@H](OO[C@@H]7C(CO)O[C@H](OO[C@@H]8C(CO)O[C@H](OO[C@@H]9C(CO)O[C@H](OO[C@@H]%10C(CO)O[C@H](OO[C@@H]%11C(CO)O[C@H](OO[C@H]1C(O)[C@@H]2O)C(O)[C@H]%11O)C(O)[C@H]%10O)C(O)[C@H]9O)C(O)[C@H]8O)C(O)[C@H]7O)[C@@H](O)C6O)[C@@H](O)C5O)[C@@H](O)C4O)[C@@H](O)C3O. The largest absolute Gasteiger partial charge is 0.394 e. The maximum absolute atomic E-state index is 11.2. The van der Waals surface area contributed by atoms with E-state index in [0.717, 1.165) is 0 Å².